The van der Waals surface area contributed by atoms with Gasteiger partial charge in [-0.2, -0.15) is 0 Å². The number of H-pyrrole nitrogens is 1. The van der Waals surface area contributed by atoms with Crippen molar-refractivity contribution in [3.05, 3.63) is 48.9 Å². The average Bonchev–Trinajstić information content (AvgIpc) is 2.78. The van der Waals surface area contributed by atoms with Gasteiger partial charge < -0.3 is 10.1 Å². The Balaban J connectivity index is 2.29. The monoisotopic (exact) mass is 323 g/mol. The Hall–Kier alpha value is -2.52. The van der Waals surface area contributed by atoms with Crippen molar-refractivity contribution in [2.45, 2.75) is 6.54 Å². The van der Waals surface area contributed by atoms with Crippen LogP contribution in [-0.4, -0.2) is 39.5 Å². The fourth-order valence-corrected chi connectivity index (χ4v) is 2.92. The first-order valence-corrected chi connectivity index (χ1v) is 7.05. The lowest BCUT2D eigenvalue weighted by Crippen LogP contribution is -2.24. The summed E-state index contributed by atoms with van der Waals surface area (Å²) in [4.78, 5) is 37.1. The zero-order valence-corrected chi connectivity index (χ0v) is 12.4. The fraction of sp³-hybridized carbons (Fsp3) is 0.231. The van der Waals surface area contributed by atoms with E-state index >= 15 is 0 Å². The zero-order valence-electron chi connectivity index (χ0n) is 11.6. The number of aliphatic carboxylic acids is 1. The van der Waals surface area contributed by atoms with Gasteiger partial charge in [0.1, 0.15) is 0 Å². The molecule has 22 heavy (non-hydrogen) atoms. The maximum absolute atomic E-state index is 11.6. The predicted octanol–water partition coefficient (Wildman–Crippen LogP) is 1.53. The minimum absolute atomic E-state index is 0.0362. The fourth-order valence-electron chi connectivity index (χ4n) is 1.99. The lowest BCUT2D eigenvalue weighted by Gasteiger charge is -2.13. The second-order valence-electron chi connectivity index (χ2n) is 4.68. The molecule has 8 nitrogen and oxygen atoms in total. The number of carboxylic acid groups (broad SMARTS) is 1. The van der Waals surface area contributed by atoms with Gasteiger partial charge in [0.2, 0.25) is 0 Å². The van der Waals surface area contributed by atoms with Crippen LogP contribution < -0.4 is 4.87 Å². The largest absolute Gasteiger partial charge is 0.480 e. The number of hydrogen-bond acceptors (Lipinski definition) is 6. The molecule has 9 heteroatoms. The number of carbonyl (C=O) groups is 1. The molecule has 0 aliphatic heterocycles. The highest BCUT2D eigenvalue weighted by Crippen LogP contribution is 2.26. The van der Waals surface area contributed by atoms with Crippen LogP contribution in [0.4, 0.5) is 5.69 Å². The topological polar surface area (TPSA) is 117 Å². The molecule has 1 aromatic carbocycles. The summed E-state index contributed by atoms with van der Waals surface area (Å²) in [5, 5.41) is 19.4. The van der Waals surface area contributed by atoms with Crippen LogP contribution in [0.15, 0.2) is 29.1 Å². The van der Waals surface area contributed by atoms with Crippen molar-refractivity contribution in [1.29, 1.82) is 0 Å². The van der Waals surface area contributed by atoms with Gasteiger partial charge in [0, 0.05) is 23.6 Å². The van der Waals surface area contributed by atoms with Gasteiger partial charge in [-0.1, -0.05) is 11.3 Å². The number of aromatic nitrogens is 1. The Labute approximate surface area is 128 Å². The van der Waals surface area contributed by atoms with Crippen molar-refractivity contribution in [2.75, 3.05) is 13.6 Å². The molecule has 1 aromatic heterocycles. The molecule has 2 N–H and O–H groups in total. The molecule has 0 aliphatic carbocycles. The highest BCUT2D eigenvalue weighted by atomic mass is 32.1. The quantitative estimate of drug-likeness (QED) is 0.615. The Kier molecular flexibility index (Phi) is 4.68. The summed E-state index contributed by atoms with van der Waals surface area (Å²) in [5.74, 6) is -0.956. The zero-order chi connectivity index (χ0) is 16.3. The first kappa shape index (κ1) is 15.9. The van der Waals surface area contributed by atoms with Gasteiger partial charge in [-0.3, -0.25) is 24.6 Å². The SMILES string of the molecule is CN(CC(=O)O)Cc1sc(=O)[nH]c1-c1ccc([N+](=O)[O-])cc1. The van der Waals surface area contributed by atoms with E-state index in [-0.39, 0.29) is 17.1 Å². The number of thiazole rings is 1. The lowest BCUT2D eigenvalue weighted by molar-refractivity contribution is -0.384. The van der Waals surface area contributed by atoms with E-state index < -0.39 is 10.9 Å². The first-order valence-electron chi connectivity index (χ1n) is 6.24. The van der Waals surface area contributed by atoms with Gasteiger partial charge in [0.25, 0.3) is 5.69 Å². The van der Waals surface area contributed by atoms with Gasteiger partial charge in [0.15, 0.2) is 0 Å². The number of rotatable bonds is 6. The van der Waals surface area contributed by atoms with Crippen molar-refractivity contribution in [1.82, 2.24) is 9.88 Å². The molecule has 0 amide bonds. The van der Waals surface area contributed by atoms with Gasteiger partial charge in [-0.25, -0.2) is 0 Å². The van der Waals surface area contributed by atoms with E-state index in [0.717, 1.165) is 11.3 Å². The minimum Gasteiger partial charge on any atom is -0.480 e. The molecule has 0 aliphatic rings. The van der Waals surface area contributed by atoms with Crippen LogP contribution >= 0.6 is 11.3 Å². The number of likely N-dealkylation sites (N-methyl/N-ethyl adjacent to an activating group) is 1. The third-order valence-electron chi connectivity index (χ3n) is 2.91. The van der Waals surface area contributed by atoms with E-state index in [1.165, 1.54) is 12.1 Å². The van der Waals surface area contributed by atoms with Crippen LogP contribution in [-0.2, 0) is 11.3 Å². The Morgan fingerprint density at radius 1 is 1.41 bits per heavy atom. The molecule has 0 radical (unpaired) electrons. The molecule has 0 unspecified atom stereocenters. The lowest BCUT2D eigenvalue weighted by atomic mass is 10.1. The number of nitro benzene ring substituents is 1. The number of benzene rings is 1. The number of aromatic amines is 1. The third kappa shape index (κ3) is 3.77. The predicted molar refractivity (Wildman–Crippen MR) is 81.0 cm³/mol. The van der Waals surface area contributed by atoms with Gasteiger partial charge in [-0.05, 0) is 24.7 Å². The van der Waals surface area contributed by atoms with Crippen LogP contribution in [0.5, 0.6) is 0 Å². The standard InChI is InChI=1S/C13H13N3O5S/c1-15(7-11(17)18)6-10-12(14-13(19)22-10)8-2-4-9(5-3-8)16(20)21/h2-5H,6-7H2,1H3,(H,14,19)(H,17,18). The maximum Gasteiger partial charge on any atom is 0.317 e. The van der Waals surface area contributed by atoms with Gasteiger partial charge >= 0.3 is 10.8 Å². The highest BCUT2D eigenvalue weighted by molar-refractivity contribution is 7.09. The summed E-state index contributed by atoms with van der Waals surface area (Å²) in [6, 6.07) is 5.82. The normalized spacial score (nSPS) is 10.8. The first-order chi connectivity index (χ1) is 10.4. The second-order valence-corrected chi connectivity index (χ2v) is 5.75. The molecule has 2 aromatic rings. The highest BCUT2D eigenvalue weighted by Gasteiger charge is 2.15. The summed E-state index contributed by atoms with van der Waals surface area (Å²) in [6.07, 6.45) is 0. The van der Waals surface area contributed by atoms with Crippen molar-refractivity contribution < 1.29 is 14.8 Å². The molecule has 0 saturated carbocycles. The van der Waals surface area contributed by atoms with Gasteiger partial charge in [-0.15, -0.1) is 0 Å². The molecule has 0 atom stereocenters. The molecule has 0 fully saturated rings. The molecule has 116 valence electrons. The smallest absolute Gasteiger partial charge is 0.317 e. The number of hydrogen-bond donors (Lipinski definition) is 2. The summed E-state index contributed by atoms with van der Waals surface area (Å²) in [5.41, 5.74) is 1.16. The maximum atomic E-state index is 11.6. The molecular weight excluding hydrogens is 310 g/mol. The van der Waals surface area contributed by atoms with Crippen LogP contribution in [0.2, 0.25) is 0 Å². The van der Waals surface area contributed by atoms with Crippen molar-refractivity contribution in [2.24, 2.45) is 0 Å². The van der Waals surface area contributed by atoms with Crippen molar-refractivity contribution in [3.8, 4) is 11.3 Å². The van der Waals surface area contributed by atoms with Crippen LogP contribution in [0.25, 0.3) is 11.3 Å². The number of nitrogens with zero attached hydrogens (tertiary/aromatic N) is 2. The number of non-ortho nitro benzene ring substituents is 1. The van der Waals surface area contributed by atoms with E-state index in [2.05, 4.69) is 4.98 Å². The molecule has 1 heterocycles. The van der Waals surface area contributed by atoms with Gasteiger partial charge in [0.05, 0.1) is 17.2 Å². The average molecular weight is 323 g/mol. The van der Waals surface area contributed by atoms with Crippen LogP contribution in [0.1, 0.15) is 4.88 Å². The molecular formula is C13H13N3O5S. The van der Waals surface area contributed by atoms with Crippen molar-refractivity contribution >= 4 is 23.0 Å². The Morgan fingerprint density at radius 3 is 2.59 bits per heavy atom. The summed E-state index contributed by atoms with van der Waals surface area (Å²) >= 11 is 0.996. The summed E-state index contributed by atoms with van der Waals surface area (Å²) < 4.78 is 0. The summed E-state index contributed by atoms with van der Waals surface area (Å²) in [7, 11) is 1.64. The molecule has 2 rings (SSSR count). The Morgan fingerprint density at radius 2 is 2.05 bits per heavy atom. The molecule has 0 saturated heterocycles. The van der Waals surface area contributed by atoms with Crippen LogP contribution in [0.3, 0.4) is 0 Å². The van der Waals surface area contributed by atoms with E-state index in [4.69, 9.17) is 5.11 Å². The minimum atomic E-state index is -0.956. The van der Waals surface area contributed by atoms with E-state index in [0.29, 0.717) is 22.7 Å². The second kappa shape index (κ2) is 6.50. The number of carboxylic acids is 1. The van der Waals surface area contributed by atoms with E-state index in [1.54, 1.807) is 24.1 Å². The number of nitro groups is 1. The van der Waals surface area contributed by atoms with E-state index in [9.17, 15) is 19.7 Å². The molecule has 0 spiro atoms. The van der Waals surface area contributed by atoms with E-state index in [1.807, 2.05) is 0 Å². The Bertz CT molecular complexity index is 750. The van der Waals surface area contributed by atoms with Crippen LogP contribution in [0, 0.1) is 10.1 Å². The van der Waals surface area contributed by atoms with Crippen molar-refractivity contribution in [3.63, 3.8) is 0 Å². The number of nitrogens with one attached hydrogen (secondary N) is 1. The molecule has 0 bridgehead atoms. The summed E-state index contributed by atoms with van der Waals surface area (Å²) in [6.45, 7) is 0.147. The third-order valence-corrected chi connectivity index (χ3v) is 3.77.